The Kier molecular flexibility index (Phi) is 5.07. The molecule has 138 valence electrons. The number of nitrogens with zero attached hydrogens (tertiary/aromatic N) is 3. The molecule has 8 heteroatoms. The number of morpholine rings is 1. The highest BCUT2D eigenvalue weighted by Gasteiger charge is 2.20. The van der Waals surface area contributed by atoms with Crippen LogP contribution >= 0.6 is 22.9 Å². The molecule has 0 saturated carbocycles. The molecule has 0 unspecified atom stereocenters. The van der Waals surface area contributed by atoms with Crippen molar-refractivity contribution in [2.24, 2.45) is 5.73 Å². The van der Waals surface area contributed by atoms with Crippen molar-refractivity contribution in [2.75, 3.05) is 31.2 Å². The molecule has 0 aliphatic carbocycles. The molecule has 1 aliphatic heterocycles. The number of thiazole rings is 1. The SMILES string of the molecule is NC(=O)c1ccc(N2CCOCC2)nc1-c1nc(-c2ccccc2Cl)cs1. The first kappa shape index (κ1) is 17.9. The molecule has 4 rings (SSSR count). The molecule has 2 N–H and O–H groups in total. The molecule has 3 aromatic rings. The van der Waals surface area contributed by atoms with Gasteiger partial charge in [0.1, 0.15) is 16.5 Å². The van der Waals surface area contributed by atoms with Crippen molar-refractivity contribution >= 4 is 34.7 Å². The van der Waals surface area contributed by atoms with Crippen LogP contribution in [0.25, 0.3) is 22.0 Å². The van der Waals surface area contributed by atoms with Gasteiger partial charge in [-0.05, 0) is 18.2 Å². The molecule has 1 aromatic carbocycles. The van der Waals surface area contributed by atoms with E-state index in [-0.39, 0.29) is 0 Å². The van der Waals surface area contributed by atoms with Gasteiger partial charge in [-0.15, -0.1) is 11.3 Å². The Morgan fingerprint density at radius 1 is 1.15 bits per heavy atom. The second kappa shape index (κ2) is 7.64. The summed E-state index contributed by atoms with van der Waals surface area (Å²) < 4.78 is 5.40. The number of pyridine rings is 1. The summed E-state index contributed by atoms with van der Waals surface area (Å²) in [6.45, 7) is 2.82. The number of carbonyl (C=O) groups is 1. The van der Waals surface area contributed by atoms with E-state index in [1.165, 1.54) is 11.3 Å². The van der Waals surface area contributed by atoms with Gasteiger partial charge in [0.2, 0.25) is 0 Å². The fourth-order valence-corrected chi connectivity index (χ4v) is 4.01. The second-order valence-corrected chi connectivity index (χ2v) is 7.31. The zero-order chi connectivity index (χ0) is 18.8. The Labute approximate surface area is 165 Å². The highest BCUT2D eigenvalue weighted by molar-refractivity contribution is 7.13. The van der Waals surface area contributed by atoms with Crippen LogP contribution in [-0.4, -0.2) is 42.2 Å². The van der Waals surface area contributed by atoms with Gasteiger partial charge in [0.25, 0.3) is 5.91 Å². The summed E-state index contributed by atoms with van der Waals surface area (Å²) in [6, 6.07) is 11.0. The predicted molar refractivity (Wildman–Crippen MR) is 107 cm³/mol. The molecule has 1 saturated heterocycles. The topological polar surface area (TPSA) is 81.3 Å². The number of benzene rings is 1. The molecule has 1 fully saturated rings. The molecule has 27 heavy (non-hydrogen) atoms. The van der Waals surface area contributed by atoms with E-state index in [1.807, 2.05) is 35.7 Å². The summed E-state index contributed by atoms with van der Waals surface area (Å²) in [5.41, 5.74) is 8.00. The molecule has 1 amide bonds. The number of amides is 1. The number of ether oxygens (including phenoxy) is 1. The number of carbonyl (C=O) groups excluding carboxylic acids is 1. The van der Waals surface area contributed by atoms with E-state index in [9.17, 15) is 4.79 Å². The molecule has 0 atom stereocenters. The standard InChI is InChI=1S/C19H17ClN4O2S/c20-14-4-2-1-3-12(14)15-11-27-19(22-15)17-13(18(21)25)5-6-16(23-17)24-7-9-26-10-8-24/h1-6,11H,7-10H2,(H2,21,25). The van der Waals surface area contributed by atoms with Crippen molar-refractivity contribution in [3.05, 3.63) is 52.4 Å². The van der Waals surface area contributed by atoms with Crippen LogP contribution in [0.1, 0.15) is 10.4 Å². The summed E-state index contributed by atoms with van der Waals surface area (Å²) in [4.78, 5) is 23.4. The molecule has 1 aliphatic rings. The lowest BCUT2D eigenvalue weighted by Crippen LogP contribution is -2.36. The van der Waals surface area contributed by atoms with Crippen molar-refractivity contribution in [3.8, 4) is 22.0 Å². The fourth-order valence-electron chi connectivity index (χ4n) is 2.95. The van der Waals surface area contributed by atoms with Gasteiger partial charge < -0.3 is 15.4 Å². The average Bonchev–Trinajstić information content (AvgIpc) is 3.18. The molecular weight excluding hydrogens is 384 g/mol. The quantitative estimate of drug-likeness (QED) is 0.725. The highest BCUT2D eigenvalue weighted by Crippen LogP contribution is 2.33. The van der Waals surface area contributed by atoms with Gasteiger partial charge in [-0.3, -0.25) is 4.79 Å². The lowest BCUT2D eigenvalue weighted by Gasteiger charge is -2.28. The van der Waals surface area contributed by atoms with Gasteiger partial charge in [0.05, 0.1) is 24.5 Å². The van der Waals surface area contributed by atoms with Crippen LogP contribution < -0.4 is 10.6 Å². The molecule has 2 aromatic heterocycles. The van der Waals surface area contributed by atoms with Crippen LogP contribution in [-0.2, 0) is 4.74 Å². The summed E-state index contributed by atoms with van der Waals surface area (Å²) in [7, 11) is 0. The maximum Gasteiger partial charge on any atom is 0.251 e. The third-order valence-electron chi connectivity index (χ3n) is 4.34. The first-order valence-corrected chi connectivity index (χ1v) is 9.73. The number of anilines is 1. The van der Waals surface area contributed by atoms with Crippen LogP contribution in [0.3, 0.4) is 0 Å². The Morgan fingerprint density at radius 3 is 2.67 bits per heavy atom. The number of halogens is 1. The summed E-state index contributed by atoms with van der Waals surface area (Å²) in [5.74, 6) is 0.258. The van der Waals surface area contributed by atoms with Gasteiger partial charge in [-0.1, -0.05) is 29.8 Å². The van der Waals surface area contributed by atoms with Gasteiger partial charge in [-0.25, -0.2) is 9.97 Å². The lowest BCUT2D eigenvalue weighted by molar-refractivity contribution is 0.100. The lowest BCUT2D eigenvalue weighted by atomic mass is 10.1. The van der Waals surface area contributed by atoms with E-state index < -0.39 is 5.91 Å². The van der Waals surface area contributed by atoms with E-state index in [2.05, 4.69) is 9.88 Å². The third kappa shape index (κ3) is 3.66. The molecule has 6 nitrogen and oxygen atoms in total. The Bertz CT molecular complexity index is 985. The average molecular weight is 401 g/mol. The zero-order valence-electron chi connectivity index (χ0n) is 14.4. The van der Waals surface area contributed by atoms with E-state index in [0.717, 1.165) is 30.2 Å². The summed E-state index contributed by atoms with van der Waals surface area (Å²) in [6.07, 6.45) is 0. The smallest absolute Gasteiger partial charge is 0.251 e. The normalized spacial score (nSPS) is 14.3. The number of hydrogen-bond donors (Lipinski definition) is 1. The number of primary amides is 1. The van der Waals surface area contributed by atoms with Gasteiger partial charge in [0, 0.05) is 29.1 Å². The van der Waals surface area contributed by atoms with Crippen LogP contribution in [0, 0.1) is 0 Å². The highest BCUT2D eigenvalue weighted by atomic mass is 35.5. The maximum absolute atomic E-state index is 11.9. The van der Waals surface area contributed by atoms with Gasteiger partial charge in [0.15, 0.2) is 0 Å². The largest absolute Gasteiger partial charge is 0.378 e. The van der Waals surface area contributed by atoms with E-state index in [1.54, 1.807) is 6.07 Å². The number of rotatable bonds is 4. The molecule has 0 bridgehead atoms. The van der Waals surface area contributed by atoms with Crippen molar-refractivity contribution in [3.63, 3.8) is 0 Å². The molecule has 0 spiro atoms. The van der Waals surface area contributed by atoms with Crippen molar-refractivity contribution in [1.29, 1.82) is 0 Å². The summed E-state index contributed by atoms with van der Waals surface area (Å²) in [5, 5.41) is 3.16. The van der Waals surface area contributed by atoms with Crippen LogP contribution in [0.4, 0.5) is 5.82 Å². The summed E-state index contributed by atoms with van der Waals surface area (Å²) >= 11 is 7.69. The van der Waals surface area contributed by atoms with Crippen LogP contribution in [0.5, 0.6) is 0 Å². The number of aromatic nitrogens is 2. The van der Waals surface area contributed by atoms with Crippen LogP contribution in [0.2, 0.25) is 5.02 Å². The minimum absolute atomic E-state index is 0.354. The van der Waals surface area contributed by atoms with Gasteiger partial charge >= 0.3 is 0 Å². The third-order valence-corrected chi connectivity index (χ3v) is 5.52. The number of hydrogen-bond acceptors (Lipinski definition) is 6. The Hall–Kier alpha value is -2.48. The predicted octanol–water partition coefficient (Wildman–Crippen LogP) is 3.46. The van der Waals surface area contributed by atoms with Crippen molar-refractivity contribution in [2.45, 2.75) is 0 Å². The van der Waals surface area contributed by atoms with E-state index in [0.29, 0.717) is 34.5 Å². The Morgan fingerprint density at radius 2 is 1.93 bits per heavy atom. The van der Waals surface area contributed by atoms with Crippen molar-refractivity contribution < 1.29 is 9.53 Å². The first-order valence-electron chi connectivity index (χ1n) is 8.48. The molecule has 3 heterocycles. The van der Waals surface area contributed by atoms with Gasteiger partial charge in [-0.2, -0.15) is 0 Å². The maximum atomic E-state index is 11.9. The second-order valence-electron chi connectivity index (χ2n) is 6.05. The van der Waals surface area contributed by atoms with Crippen molar-refractivity contribution in [1.82, 2.24) is 9.97 Å². The number of nitrogens with two attached hydrogens (primary N) is 1. The van der Waals surface area contributed by atoms with E-state index in [4.69, 9.17) is 27.1 Å². The first-order chi connectivity index (χ1) is 13.1. The zero-order valence-corrected chi connectivity index (χ0v) is 16.0. The molecule has 0 radical (unpaired) electrons. The Balaban J connectivity index is 1.75. The minimum Gasteiger partial charge on any atom is -0.378 e. The monoisotopic (exact) mass is 400 g/mol. The van der Waals surface area contributed by atoms with E-state index >= 15 is 0 Å². The van der Waals surface area contributed by atoms with Crippen LogP contribution in [0.15, 0.2) is 41.8 Å². The minimum atomic E-state index is -0.527. The molecular formula is C19H17ClN4O2S. The fraction of sp³-hybridized carbons (Fsp3) is 0.211.